The van der Waals surface area contributed by atoms with Gasteiger partial charge in [-0.25, -0.2) is 4.39 Å². The van der Waals surface area contributed by atoms with Crippen LogP contribution < -0.4 is 5.32 Å². The lowest BCUT2D eigenvalue weighted by molar-refractivity contribution is -0.111. The van der Waals surface area contributed by atoms with Crippen LogP contribution in [0.25, 0.3) is 6.08 Å². The maximum absolute atomic E-state index is 13.0. The maximum atomic E-state index is 13.0. The van der Waals surface area contributed by atoms with E-state index in [1.165, 1.54) is 18.2 Å². The van der Waals surface area contributed by atoms with E-state index in [2.05, 4.69) is 15.5 Å². The monoisotopic (exact) mass is 293 g/mol. The Morgan fingerprint density at radius 2 is 2.20 bits per heavy atom. The van der Waals surface area contributed by atoms with Gasteiger partial charge in [0.1, 0.15) is 5.82 Å². The highest BCUT2D eigenvalue weighted by Gasteiger charge is 2.08. The molecule has 1 aromatic carbocycles. The molecule has 0 aliphatic heterocycles. The van der Waals surface area contributed by atoms with Crippen LogP contribution in [-0.2, 0) is 4.79 Å². The Morgan fingerprint density at radius 3 is 2.80 bits per heavy atom. The number of aromatic amines is 1. The zero-order valence-electron chi connectivity index (χ0n) is 11.0. The second kappa shape index (κ2) is 5.88. The third-order valence-corrected chi connectivity index (χ3v) is 3.04. The molecule has 0 unspecified atom stereocenters. The molecule has 2 rings (SSSR count). The number of aromatic nitrogens is 2. The van der Waals surface area contributed by atoms with Gasteiger partial charge in [-0.05, 0) is 37.6 Å². The molecule has 104 valence electrons. The Hall–Kier alpha value is -2.14. The third kappa shape index (κ3) is 3.24. The minimum Gasteiger partial charge on any atom is -0.319 e. The molecule has 1 amide bonds. The molecule has 0 radical (unpaired) electrons. The van der Waals surface area contributed by atoms with Gasteiger partial charge in [0.2, 0.25) is 5.91 Å². The van der Waals surface area contributed by atoms with E-state index in [0.29, 0.717) is 16.9 Å². The van der Waals surface area contributed by atoms with E-state index < -0.39 is 5.82 Å². The van der Waals surface area contributed by atoms with Crippen molar-refractivity contribution in [1.82, 2.24) is 10.2 Å². The summed E-state index contributed by atoms with van der Waals surface area (Å²) in [5, 5.41) is 9.52. The van der Waals surface area contributed by atoms with Crippen molar-refractivity contribution in [3.8, 4) is 0 Å². The zero-order chi connectivity index (χ0) is 14.7. The van der Waals surface area contributed by atoms with Gasteiger partial charge in [-0.2, -0.15) is 5.10 Å². The first-order valence-electron chi connectivity index (χ1n) is 5.93. The standard InChI is InChI=1S/C14H13ClFN3O/c1-8-14(9(2)19-18-8)17-13(20)6-4-10-3-5-12(16)11(15)7-10/h3-7H,1-2H3,(H,17,20)(H,18,19)/b6-4+. The van der Waals surface area contributed by atoms with E-state index in [9.17, 15) is 9.18 Å². The summed E-state index contributed by atoms with van der Waals surface area (Å²) < 4.78 is 13.0. The molecular formula is C14H13ClFN3O. The summed E-state index contributed by atoms with van der Waals surface area (Å²) in [7, 11) is 0. The van der Waals surface area contributed by atoms with Crippen LogP contribution in [0.2, 0.25) is 5.02 Å². The third-order valence-electron chi connectivity index (χ3n) is 2.75. The van der Waals surface area contributed by atoms with E-state index in [-0.39, 0.29) is 10.9 Å². The summed E-state index contributed by atoms with van der Waals surface area (Å²) in [6, 6.07) is 4.25. The van der Waals surface area contributed by atoms with Crippen LogP contribution >= 0.6 is 11.6 Å². The Kier molecular flexibility index (Phi) is 4.20. The SMILES string of the molecule is Cc1n[nH]c(C)c1NC(=O)/C=C/c1ccc(F)c(Cl)c1. The molecule has 0 fully saturated rings. The van der Waals surface area contributed by atoms with Gasteiger partial charge >= 0.3 is 0 Å². The highest BCUT2D eigenvalue weighted by atomic mass is 35.5. The normalized spacial score (nSPS) is 11.0. The molecular weight excluding hydrogens is 281 g/mol. The maximum Gasteiger partial charge on any atom is 0.248 e. The van der Waals surface area contributed by atoms with E-state index in [1.807, 2.05) is 6.92 Å². The van der Waals surface area contributed by atoms with Crippen molar-refractivity contribution in [2.45, 2.75) is 13.8 Å². The Bertz CT molecular complexity index is 660. The van der Waals surface area contributed by atoms with Gasteiger partial charge in [0.05, 0.1) is 22.1 Å². The second-order valence-corrected chi connectivity index (χ2v) is 4.71. The Balaban J connectivity index is 2.08. The van der Waals surface area contributed by atoms with Crippen LogP contribution in [0.5, 0.6) is 0 Å². The van der Waals surface area contributed by atoms with Crippen LogP contribution in [-0.4, -0.2) is 16.1 Å². The highest BCUT2D eigenvalue weighted by molar-refractivity contribution is 6.30. The first-order chi connectivity index (χ1) is 9.47. The summed E-state index contributed by atoms with van der Waals surface area (Å²) >= 11 is 5.66. The first kappa shape index (κ1) is 14.3. The molecule has 1 heterocycles. The molecule has 2 aromatic rings. The fraction of sp³-hybridized carbons (Fsp3) is 0.143. The van der Waals surface area contributed by atoms with E-state index in [4.69, 9.17) is 11.6 Å². The van der Waals surface area contributed by atoms with Gasteiger partial charge in [-0.3, -0.25) is 9.89 Å². The Morgan fingerprint density at radius 1 is 1.45 bits per heavy atom. The molecule has 2 N–H and O–H groups in total. The largest absolute Gasteiger partial charge is 0.319 e. The number of H-pyrrole nitrogens is 1. The average Bonchev–Trinajstić information content (AvgIpc) is 2.72. The molecule has 0 aliphatic carbocycles. The summed E-state index contributed by atoms with van der Waals surface area (Å²) in [6.45, 7) is 3.61. The quantitative estimate of drug-likeness (QED) is 0.851. The van der Waals surface area contributed by atoms with Crippen molar-refractivity contribution < 1.29 is 9.18 Å². The van der Waals surface area contributed by atoms with Gasteiger partial charge in [0.15, 0.2) is 0 Å². The second-order valence-electron chi connectivity index (χ2n) is 4.31. The lowest BCUT2D eigenvalue weighted by Crippen LogP contribution is -2.09. The van der Waals surface area contributed by atoms with Crippen LogP contribution in [0, 0.1) is 19.7 Å². The first-order valence-corrected chi connectivity index (χ1v) is 6.31. The molecule has 0 spiro atoms. The number of carbonyl (C=O) groups is 1. The Labute approximate surface area is 120 Å². The summed E-state index contributed by atoms with van der Waals surface area (Å²) in [5.74, 6) is -0.782. The molecule has 1 aromatic heterocycles. The van der Waals surface area contributed by atoms with Crippen LogP contribution in [0.15, 0.2) is 24.3 Å². The van der Waals surface area contributed by atoms with Crippen molar-refractivity contribution in [1.29, 1.82) is 0 Å². The number of nitrogens with zero attached hydrogens (tertiary/aromatic N) is 1. The van der Waals surface area contributed by atoms with Gasteiger partial charge in [-0.1, -0.05) is 17.7 Å². The van der Waals surface area contributed by atoms with Crippen LogP contribution in [0.1, 0.15) is 17.0 Å². The molecule has 0 atom stereocenters. The number of anilines is 1. The lowest BCUT2D eigenvalue weighted by Gasteiger charge is -2.01. The number of hydrogen-bond acceptors (Lipinski definition) is 2. The number of halogens is 2. The number of amides is 1. The summed E-state index contributed by atoms with van der Waals surface area (Å²) in [5.41, 5.74) is 2.81. The van der Waals surface area contributed by atoms with Gasteiger partial charge in [-0.15, -0.1) is 0 Å². The fourth-order valence-corrected chi connectivity index (χ4v) is 1.88. The number of nitrogens with one attached hydrogen (secondary N) is 2. The predicted octanol–water partition coefficient (Wildman–Crippen LogP) is 3.47. The van der Waals surface area contributed by atoms with E-state index in [0.717, 1.165) is 5.69 Å². The number of rotatable bonds is 3. The molecule has 6 heteroatoms. The number of carbonyl (C=O) groups excluding carboxylic acids is 1. The topological polar surface area (TPSA) is 57.8 Å². The van der Waals surface area contributed by atoms with Crippen molar-refractivity contribution >= 4 is 29.3 Å². The zero-order valence-corrected chi connectivity index (χ0v) is 11.8. The fourth-order valence-electron chi connectivity index (χ4n) is 1.69. The molecule has 4 nitrogen and oxygen atoms in total. The number of hydrogen-bond donors (Lipinski definition) is 2. The molecule has 0 bridgehead atoms. The minimum absolute atomic E-state index is 0.0223. The number of aryl methyl sites for hydroxylation is 2. The summed E-state index contributed by atoms with van der Waals surface area (Å²) in [4.78, 5) is 11.8. The molecule has 0 saturated carbocycles. The van der Waals surface area contributed by atoms with Crippen molar-refractivity contribution in [3.05, 3.63) is 52.1 Å². The predicted molar refractivity (Wildman–Crippen MR) is 77.1 cm³/mol. The average molecular weight is 294 g/mol. The number of benzene rings is 1. The molecule has 0 saturated heterocycles. The van der Waals surface area contributed by atoms with Gasteiger partial charge in [0, 0.05) is 6.08 Å². The highest BCUT2D eigenvalue weighted by Crippen LogP contribution is 2.18. The molecule has 0 aliphatic rings. The van der Waals surface area contributed by atoms with E-state index in [1.54, 1.807) is 19.1 Å². The van der Waals surface area contributed by atoms with E-state index >= 15 is 0 Å². The lowest BCUT2D eigenvalue weighted by atomic mass is 10.2. The smallest absolute Gasteiger partial charge is 0.248 e. The van der Waals surface area contributed by atoms with Crippen LogP contribution in [0.4, 0.5) is 10.1 Å². The van der Waals surface area contributed by atoms with Crippen molar-refractivity contribution in [3.63, 3.8) is 0 Å². The minimum atomic E-state index is -0.488. The van der Waals surface area contributed by atoms with Crippen molar-refractivity contribution in [2.75, 3.05) is 5.32 Å². The van der Waals surface area contributed by atoms with Crippen molar-refractivity contribution in [2.24, 2.45) is 0 Å². The van der Waals surface area contributed by atoms with Gasteiger partial charge in [0.25, 0.3) is 0 Å². The molecule has 20 heavy (non-hydrogen) atoms. The van der Waals surface area contributed by atoms with Crippen LogP contribution in [0.3, 0.4) is 0 Å². The van der Waals surface area contributed by atoms with Gasteiger partial charge < -0.3 is 5.32 Å². The summed E-state index contributed by atoms with van der Waals surface area (Å²) in [6.07, 6.45) is 2.92.